The lowest BCUT2D eigenvalue weighted by Gasteiger charge is -2.47. The zero-order valence-corrected chi connectivity index (χ0v) is 24.5. The Morgan fingerprint density at radius 2 is 1.85 bits per heavy atom. The number of benzene rings is 1. The normalized spacial score (nSPS) is 17.5. The minimum atomic E-state index is -0.637. The highest BCUT2D eigenvalue weighted by molar-refractivity contribution is 6.30. The molecule has 1 amide bonds. The van der Waals surface area contributed by atoms with E-state index in [1.54, 1.807) is 24.4 Å². The van der Waals surface area contributed by atoms with Crippen LogP contribution >= 0.6 is 11.6 Å². The Morgan fingerprint density at radius 1 is 1.07 bits per heavy atom. The highest BCUT2D eigenvalue weighted by Crippen LogP contribution is 2.41. The first-order chi connectivity index (χ1) is 19.4. The van der Waals surface area contributed by atoms with Crippen molar-refractivity contribution in [3.63, 3.8) is 0 Å². The van der Waals surface area contributed by atoms with E-state index in [9.17, 15) is 14.0 Å². The second kappa shape index (κ2) is 10.8. The van der Waals surface area contributed by atoms with Crippen molar-refractivity contribution in [1.29, 1.82) is 0 Å². The Labute approximate surface area is 243 Å². The van der Waals surface area contributed by atoms with Crippen molar-refractivity contribution < 1.29 is 23.5 Å². The number of esters is 1. The van der Waals surface area contributed by atoms with Crippen LogP contribution in [0.2, 0.25) is 5.02 Å². The molecule has 41 heavy (non-hydrogen) atoms. The molecule has 0 aliphatic carbocycles. The van der Waals surface area contributed by atoms with Gasteiger partial charge in [-0.05, 0) is 69.7 Å². The van der Waals surface area contributed by atoms with Gasteiger partial charge in [0.05, 0.1) is 30.6 Å². The predicted molar refractivity (Wildman–Crippen MR) is 155 cm³/mol. The van der Waals surface area contributed by atoms with Crippen molar-refractivity contribution in [3.05, 3.63) is 70.8 Å². The van der Waals surface area contributed by atoms with E-state index in [4.69, 9.17) is 21.1 Å². The van der Waals surface area contributed by atoms with Gasteiger partial charge in [-0.15, -0.1) is 0 Å². The van der Waals surface area contributed by atoms with E-state index in [0.717, 1.165) is 11.4 Å². The maximum absolute atomic E-state index is 14.3. The Kier molecular flexibility index (Phi) is 7.54. The second-order valence-corrected chi connectivity index (χ2v) is 11.9. The summed E-state index contributed by atoms with van der Waals surface area (Å²) in [7, 11) is 1.36. The predicted octanol–water partition coefficient (Wildman–Crippen LogP) is 5.03. The molecule has 2 aliphatic heterocycles. The minimum absolute atomic E-state index is 0.0506. The Morgan fingerprint density at radius 3 is 2.51 bits per heavy atom. The zero-order valence-electron chi connectivity index (χ0n) is 23.8. The number of piperazine rings is 1. The number of carbonyl (C=O) groups is 2. The molecule has 9 nitrogen and oxygen atoms in total. The minimum Gasteiger partial charge on any atom is -0.469 e. The van der Waals surface area contributed by atoms with E-state index in [1.807, 2.05) is 49.6 Å². The van der Waals surface area contributed by atoms with E-state index in [1.165, 1.54) is 19.2 Å². The quantitative estimate of drug-likeness (QED) is 0.388. The fourth-order valence-corrected chi connectivity index (χ4v) is 5.41. The van der Waals surface area contributed by atoms with Gasteiger partial charge in [-0.25, -0.2) is 14.4 Å². The van der Waals surface area contributed by atoms with E-state index >= 15 is 0 Å². The second-order valence-electron chi connectivity index (χ2n) is 11.5. The average Bonchev–Trinajstić information content (AvgIpc) is 2.92. The molecule has 1 fully saturated rings. The lowest BCUT2D eigenvalue weighted by atomic mass is 9.97. The maximum Gasteiger partial charge on any atom is 0.310 e. The van der Waals surface area contributed by atoms with Gasteiger partial charge in [0.15, 0.2) is 0 Å². The third kappa shape index (κ3) is 5.93. The molecular weight excluding hydrogens is 549 g/mol. The Bertz CT molecular complexity index is 1480. The number of anilines is 3. The summed E-state index contributed by atoms with van der Waals surface area (Å²) < 4.78 is 25.2. The van der Waals surface area contributed by atoms with Crippen LogP contribution in [0.15, 0.2) is 48.7 Å². The standard InChI is InChI=1S/C30H33ClFN5O4/c1-29(2)17-35(25-11-6-19(16-33-25)14-26(38)40-5)12-13-37(29)28(39)23-9-10-24-27(34-23)41-30(3,4)18-36(24)20-7-8-21(31)22(32)15-20/h6-11,15-16H,12-14,17-18H2,1-5H3. The number of amides is 1. The van der Waals surface area contributed by atoms with Crippen LogP contribution in [0, 0.1) is 5.82 Å². The molecule has 2 aliphatic rings. The molecule has 3 aromatic rings. The van der Waals surface area contributed by atoms with Gasteiger partial charge in [-0.2, -0.15) is 0 Å². The molecule has 0 N–H and O–H groups in total. The van der Waals surface area contributed by atoms with Crippen LogP contribution in [0.4, 0.5) is 21.6 Å². The van der Waals surface area contributed by atoms with Crippen molar-refractivity contribution in [3.8, 4) is 5.88 Å². The van der Waals surface area contributed by atoms with E-state index in [-0.39, 0.29) is 29.0 Å². The number of ether oxygens (including phenoxy) is 2. The number of carbonyl (C=O) groups excluding carboxylic acids is 2. The number of hydrogen-bond acceptors (Lipinski definition) is 8. The molecule has 0 saturated carbocycles. The van der Waals surface area contributed by atoms with Gasteiger partial charge >= 0.3 is 5.97 Å². The monoisotopic (exact) mass is 581 g/mol. The molecule has 11 heteroatoms. The molecule has 1 aromatic carbocycles. The summed E-state index contributed by atoms with van der Waals surface area (Å²) >= 11 is 5.91. The number of pyridine rings is 2. The van der Waals surface area contributed by atoms with Crippen LogP contribution in [-0.2, 0) is 16.0 Å². The summed E-state index contributed by atoms with van der Waals surface area (Å²) in [5.41, 5.74) is 1.16. The number of halogens is 2. The Balaban J connectivity index is 1.35. The maximum atomic E-state index is 14.3. The molecule has 0 atom stereocenters. The van der Waals surface area contributed by atoms with Crippen LogP contribution in [-0.4, -0.2) is 71.2 Å². The van der Waals surface area contributed by atoms with E-state index < -0.39 is 17.0 Å². The van der Waals surface area contributed by atoms with E-state index in [2.05, 4.69) is 14.9 Å². The first-order valence-electron chi connectivity index (χ1n) is 13.4. The highest BCUT2D eigenvalue weighted by Gasteiger charge is 2.39. The summed E-state index contributed by atoms with van der Waals surface area (Å²) in [6.45, 7) is 9.94. The molecular formula is C30H33ClFN5O4. The smallest absolute Gasteiger partial charge is 0.310 e. The van der Waals surface area contributed by atoms with Crippen molar-refractivity contribution >= 4 is 40.7 Å². The summed E-state index contributed by atoms with van der Waals surface area (Å²) in [5.74, 6) is 0.0673. The largest absolute Gasteiger partial charge is 0.469 e. The average molecular weight is 582 g/mol. The summed E-state index contributed by atoms with van der Waals surface area (Å²) in [5, 5.41) is 0.0506. The fraction of sp³-hybridized carbons (Fsp3) is 0.400. The molecule has 0 spiro atoms. The van der Waals surface area contributed by atoms with Crippen molar-refractivity contribution in [2.75, 3.05) is 43.1 Å². The molecule has 0 unspecified atom stereocenters. The summed E-state index contributed by atoms with van der Waals surface area (Å²) in [6, 6.07) is 11.9. The number of aromatic nitrogens is 2. The van der Waals surface area contributed by atoms with Gasteiger partial charge in [0, 0.05) is 31.5 Å². The van der Waals surface area contributed by atoms with Crippen molar-refractivity contribution in [2.45, 2.75) is 45.3 Å². The van der Waals surface area contributed by atoms with Crippen LogP contribution in [0.3, 0.4) is 0 Å². The highest BCUT2D eigenvalue weighted by atomic mass is 35.5. The van der Waals surface area contributed by atoms with E-state index in [0.29, 0.717) is 43.4 Å². The van der Waals surface area contributed by atoms with Crippen molar-refractivity contribution in [1.82, 2.24) is 14.9 Å². The molecule has 5 rings (SSSR count). The van der Waals surface area contributed by atoms with Crippen molar-refractivity contribution in [2.24, 2.45) is 0 Å². The molecule has 216 valence electrons. The SMILES string of the molecule is COC(=O)Cc1ccc(N2CCN(C(=O)c3ccc4c(n3)OC(C)(C)CN4c3ccc(Cl)c(F)c3)C(C)(C)C2)nc1. The van der Waals surface area contributed by atoms with Crippen LogP contribution in [0.1, 0.15) is 43.7 Å². The number of nitrogens with zero attached hydrogens (tertiary/aromatic N) is 5. The van der Waals surface area contributed by atoms with Crippen LogP contribution in [0.25, 0.3) is 0 Å². The fourth-order valence-electron chi connectivity index (χ4n) is 5.29. The molecule has 2 aromatic heterocycles. The molecule has 0 radical (unpaired) electrons. The summed E-state index contributed by atoms with van der Waals surface area (Å²) in [4.78, 5) is 40.4. The van der Waals surface area contributed by atoms with Gasteiger partial charge in [0.2, 0.25) is 5.88 Å². The molecule has 1 saturated heterocycles. The molecule has 4 heterocycles. The van der Waals surface area contributed by atoms with Crippen LogP contribution < -0.4 is 14.5 Å². The van der Waals surface area contributed by atoms with Gasteiger partial charge in [-0.3, -0.25) is 9.59 Å². The van der Waals surface area contributed by atoms with Gasteiger partial charge in [0.25, 0.3) is 5.91 Å². The zero-order chi connectivity index (χ0) is 29.5. The number of rotatable bonds is 5. The summed E-state index contributed by atoms with van der Waals surface area (Å²) in [6.07, 6.45) is 1.84. The first-order valence-corrected chi connectivity index (χ1v) is 13.8. The lowest BCUT2D eigenvalue weighted by molar-refractivity contribution is -0.139. The van der Waals surface area contributed by atoms with Gasteiger partial charge < -0.3 is 24.2 Å². The first kappa shape index (κ1) is 28.6. The Hall–Kier alpha value is -3.92. The van der Waals surface area contributed by atoms with Gasteiger partial charge in [0.1, 0.15) is 28.6 Å². The topological polar surface area (TPSA) is 88.1 Å². The number of methoxy groups -OCH3 is 1. The number of fused-ring (bicyclic) bond motifs is 1. The lowest BCUT2D eigenvalue weighted by Crippen LogP contribution is -2.61. The number of hydrogen-bond donors (Lipinski definition) is 0. The molecule has 0 bridgehead atoms. The van der Waals surface area contributed by atoms with Crippen LogP contribution in [0.5, 0.6) is 5.88 Å². The van der Waals surface area contributed by atoms with Gasteiger partial charge in [-0.1, -0.05) is 17.7 Å². The third-order valence-corrected chi connectivity index (χ3v) is 7.64. The third-order valence-electron chi connectivity index (χ3n) is 7.33.